The minimum absolute atomic E-state index is 0.0603. The molecule has 0 bridgehead atoms. The second-order valence-electron chi connectivity index (χ2n) is 10.6. The van der Waals surface area contributed by atoms with Crippen LogP contribution in [-0.2, 0) is 23.2 Å². The average molecular weight is 597 g/mol. The number of rotatable bonds is 9. The van der Waals surface area contributed by atoms with Gasteiger partial charge in [-0.2, -0.15) is 8.42 Å². The van der Waals surface area contributed by atoms with Crippen molar-refractivity contribution < 1.29 is 26.5 Å². The number of carbonyl (C=O) groups is 1. The molecule has 2 heterocycles. The molecule has 0 aliphatic carbocycles. The van der Waals surface area contributed by atoms with Gasteiger partial charge in [-0.25, -0.2) is 4.39 Å². The van der Waals surface area contributed by atoms with E-state index >= 15 is 0 Å². The molecule has 1 aliphatic rings. The highest BCUT2D eigenvalue weighted by Crippen LogP contribution is 2.47. The second kappa shape index (κ2) is 11.5. The number of benzene rings is 4. The van der Waals surface area contributed by atoms with E-state index < -0.39 is 21.5 Å². The number of pyridine rings is 1. The molecule has 43 heavy (non-hydrogen) atoms. The van der Waals surface area contributed by atoms with Crippen LogP contribution in [0.2, 0.25) is 0 Å². The first-order valence-corrected chi connectivity index (χ1v) is 15.4. The Morgan fingerprint density at radius 1 is 0.860 bits per heavy atom. The Bertz CT molecular complexity index is 1860. The van der Waals surface area contributed by atoms with Gasteiger partial charge in [0.05, 0.1) is 17.4 Å². The van der Waals surface area contributed by atoms with Crippen molar-refractivity contribution in [1.29, 1.82) is 0 Å². The summed E-state index contributed by atoms with van der Waals surface area (Å²) in [6.07, 6.45) is 0.972. The summed E-state index contributed by atoms with van der Waals surface area (Å²) >= 11 is 0. The van der Waals surface area contributed by atoms with E-state index in [0.29, 0.717) is 16.5 Å². The Morgan fingerprint density at radius 3 is 2.09 bits per heavy atom. The summed E-state index contributed by atoms with van der Waals surface area (Å²) in [5.41, 5.74) is 3.34. The van der Waals surface area contributed by atoms with Crippen molar-refractivity contribution in [3.05, 3.63) is 137 Å². The number of amides is 1. The quantitative estimate of drug-likeness (QED) is 0.174. The Hall–Kier alpha value is -4.76. The average Bonchev–Trinajstić information content (AvgIpc) is 3.34. The van der Waals surface area contributed by atoms with Gasteiger partial charge in [0.15, 0.2) is 11.5 Å². The highest BCUT2D eigenvalue weighted by Gasteiger charge is 2.39. The molecule has 0 radical (unpaired) electrons. The minimum Gasteiger partial charge on any atom is -0.478 e. The van der Waals surface area contributed by atoms with E-state index in [2.05, 4.69) is 4.98 Å². The molecule has 0 N–H and O–H groups in total. The van der Waals surface area contributed by atoms with Crippen molar-refractivity contribution in [3.8, 4) is 11.5 Å². The molecule has 0 unspecified atom stereocenters. The first kappa shape index (κ1) is 28.4. The van der Waals surface area contributed by atoms with Gasteiger partial charge < -0.3 is 13.8 Å². The fraction of sp³-hybridized carbons (Fsp3) is 0.176. The van der Waals surface area contributed by atoms with Crippen molar-refractivity contribution in [3.63, 3.8) is 0 Å². The number of hydrogen-bond acceptors (Lipinski definition) is 6. The molecule has 0 atom stereocenters. The van der Waals surface area contributed by atoms with E-state index in [-0.39, 0.29) is 41.9 Å². The lowest BCUT2D eigenvalue weighted by atomic mass is 9.99. The molecule has 6 rings (SSSR count). The molecule has 0 spiro atoms. The second-order valence-corrected chi connectivity index (χ2v) is 12.7. The predicted molar refractivity (Wildman–Crippen MR) is 162 cm³/mol. The summed E-state index contributed by atoms with van der Waals surface area (Å²) < 4.78 is 52.3. The highest BCUT2D eigenvalue weighted by molar-refractivity contribution is 7.87. The maximum atomic E-state index is 14.2. The molecule has 9 heteroatoms. The van der Waals surface area contributed by atoms with Gasteiger partial charge in [0.2, 0.25) is 0 Å². The first-order valence-electron chi connectivity index (χ1n) is 13.9. The third kappa shape index (κ3) is 5.56. The topological polar surface area (TPSA) is 85.8 Å². The molecule has 5 aromatic rings. The van der Waals surface area contributed by atoms with Gasteiger partial charge in [-0.05, 0) is 54.8 Å². The van der Waals surface area contributed by atoms with Crippen molar-refractivity contribution in [1.82, 2.24) is 9.88 Å². The number of halogens is 1. The summed E-state index contributed by atoms with van der Waals surface area (Å²) in [6, 6.07) is 28.6. The molecule has 4 aromatic carbocycles. The van der Waals surface area contributed by atoms with Gasteiger partial charge >= 0.3 is 10.1 Å². The lowest BCUT2D eigenvalue weighted by molar-refractivity contribution is 0.0762. The molecule has 0 saturated carbocycles. The predicted octanol–water partition coefficient (Wildman–Crippen LogP) is 6.82. The molecule has 1 aliphatic heterocycles. The number of ether oxygens (including phenoxy) is 1. The van der Waals surface area contributed by atoms with Gasteiger partial charge in [0.1, 0.15) is 17.4 Å². The summed E-state index contributed by atoms with van der Waals surface area (Å²) in [5.74, 6) is -0.446. The number of hydrogen-bond donors (Lipinski definition) is 0. The molecule has 7 nitrogen and oxygen atoms in total. The van der Waals surface area contributed by atoms with Gasteiger partial charge in [-0.3, -0.25) is 9.78 Å². The van der Waals surface area contributed by atoms with E-state index in [4.69, 9.17) is 8.92 Å². The zero-order valence-corrected chi connectivity index (χ0v) is 24.4. The fourth-order valence-corrected chi connectivity index (χ4v) is 5.78. The van der Waals surface area contributed by atoms with Crippen LogP contribution in [0.5, 0.6) is 11.5 Å². The van der Waals surface area contributed by atoms with Crippen LogP contribution in [0.25, 0.3) is 10.9 Å². The SMILES string of the molecule is CC(C)S(=O)(=O)Oc1c2c(c(OC(c3ccccc3)c3ccccc3)c3ncccc13)C(=O)N(Cc1ccc(F)cc1)C2. The van der Waals surface area contributed by atoms with E-state index in [9.17, 15) is 17.6 Å². The maximum absolute atomic E-state index is 14.2. The number of carbonyl (C=O) groups excluding carboxylic acids is 1. The summed E-state index contributed by atoms with van der Waals surface area (Å²) in [5, 5.41) is -0.407. The first-order chi connectivity index (χ1) is 20.7. The van der Waals surface area contributed by atoms with Crippen LogP contribution >= 0.6 is 0 Å². The van der Waals surface area contributed by atoms with E-state index in [1.54, 1.807) is 35.4 Å². The third-order valence-corrected chi connectivity index (χ3v) is 8.98. The van der Waals surface area contributed by atoms with E-state index in [1.807, 2.05) is 60.7 Å². The van der Waals surface area contributed by atoms with Crippen molar-refractivity contribution in [2.75, 3.05) is 0 Å². The molecular weight excluding hydrogens is 567 g/mol. The summed E-state index contributed by atoms with van der Waals surface area (Å²) in [6.45, 7) is 3.30. The van der Waals surface area contributed by atoms with Crippen molar-refractivity contribution >= 4 is 26.9 Å². The normalized spacial score (nSPS) is 13.1. The lowest BCUT2D eigenvalue weighted by Crippen LogP contribution is -2.23. The van der Waals surface area contributed by atoms with Gasteiger partial charge in [0.25, 0.3) is 5.91 Å². The molecule has 1 aromatic heterocycles. The van der Waals surface area contributed by atoms with Crippen LogP contribution in [0.1, 0.15) is 52.6 Å². The number of aromatic nitrogens is 1. The van der Waals surface area contributed by atoms with Crippen LogP contribution in [0.4, 0.5) is 4.39 Å². The van der Waals surface area contributed by atoms with E-state index in [0.717, 1.165) is 16.7 Å². The Morgan fingerprint density at radius 2 is 1.49 bits per heavy atom. The zero-order chi connectivity index (χ0) is 30.1. The van der Waals surface area contributed by atoms with Crippen LogP contribution in [0.15, 0.2) is 103 Å². The summed E-state index contributed by atoms with van der Waals surface area (Å²) in [7, 11) is -4.02. The Balaban J connectivity index is 1.55. The molecular formula is C34H29FN2O5S. The largest absolute Gasteiger partial charge is 0.478 e. The standard InChI is InChI=1S/C34H29FN2O5S/c1-22(2)43(39,40)42-32-27-14-9-19-36-30(27)33(41-31(24-10-5-3-6-11-24)25-12-7-4-8-13-25)29-28(32)21-37(34(29)38)20-23-15-17-26(35)18-16-23/h3-19,22,31H,20-21H2,1-2H3. The Labute approximate surface area is 249 Å². The fourth-order valence-electron chi connectivity index (χ4n) is 5.16. The van der Waals surface area contributed by atoms with Crippen LogP contribution in [0, 0.1) is 5.82 Å². The van der Waals surface area contributed by atoms with Crippen molar-refractivity contribution in [2.24, 2.45) is 0 Å². The van der Waals surface area contributed by atoms with Gasteiger partial charge in [-0.15, -0.1) is 0 Å². The molecule has 0 saturated heterocycles. The van der Waals surface area contributed by atoms with Gasteiger partial charge in [-0.1, -0.05) is 72.8 Å². The number of nitrogens with zero attached hydrogens (tertiary/aromatic N) is 2. The smallest absolute Gasteiger partial charge is 0.311 e. The lowest BCUT2D eigenvalue weighted by Gasteiger charge is -2.23. The Kier molecular flexibility index (Phi) is 7.58. The third-order valence-electron chi connectivity index (χ3n) is 7.42. The van der Waals surface area contributed by atoms with Crippen molar-refractivity contribution in [2.45, 2.75) is 38.3 Å². The van der Waals surface area contributed by atoms with Gasteiger partial charge in [0, 0.05) is 23.7 Å². The molecule has 0 fully saturated rings. The zero-order valence-electron chi connectivity index (χ0n) is 23.6. The molecule has 218 valence electrons. The van der Waals surface area contributed by atoms with Crippen LogP contribution < -0.4 is 8.92 Å². The van der Waals surface area contributed by atoms with Crippen LogP contribution in [0.3, 0.4) is 0 Å². The highest BCUT2D eigenvalue weighted by atomic mass is 32.2. The maximum Gasteiger partial charge on any atom is 0.311 e. The number of fused-ring (bicyclic) bond motifs is 2. The minimum atomic E-state index is -4.02. The summed E-state index contributed by atoms with van der Waals surface area (Å²) in [4.78, 5) is 20.3. The van der Waals surface area contributed by atoms with Crippen LogP contribution in [-0.4, -0.2) is 29.5 Å². The monoisotopic (exact) mass is 596 g/mol. The van der Waals surface area contributed by atoms with E-state index in [1.165, 1.54) is 26.0 Å². The molecule has 1 amide bonds.